The minimum absolute atomic E-state index is 0.0452. The molecule has 5 rings (SSSR count). The molecular weight excluding hydrogens is 595 g/mol. The summed E-state index contributed by atoms with van der Waals surface area (Å²) in [6, 6.07) is 8.35. The van der Waals surface area contributed by atoms with Crippen LogP contribution >= 0.6 is 34.5 Å². The van der Waals surface area contributed by atoms with Gasteiger partial charge in [-0.25, -0.2) is 4.79 Å². The van der Waals surface area contributed by atoms with Crippen LogP contribution < -0.4 is 25.6 Å². The van der Waals surface area contributed by atoms with E-state index in [2.05, 4.69) is 23.8 Å². The number of ether oxygens (including phenoxy) is 4. The van der Waals surface area contributed by atoms with Crippen LogP contribution in [0, 0.1) is 0 Å². The number of carbonyl (C=O) groups excluding carboxylic acids is 3. The molecule has 1 aromatic carbocycles. The minimum atomic E-state index is -0.517. The van der Waals surface area contributed by atoms with E-state index in [0.717, 1.165) is 13.0 Å². The molecule has 0 radical (unpaired) electrons. The highest BCUT2D eigenvalue weighted by Crippen LogP contribution is 2.40. The Kier molecular flexibility index (Phi) is 13.4. The van der Waals surface area contributed by atoms with Crippen LogP contribution in [-0.4, -0.2) is 89.1 Å². The number of halogens is 2. The standard InChI is InChI=1S/C21H20ClN3O6S.C5H13NO.CH3Cl/c22-18-4-3-17(32-18)20(27)23-10-16-14-5-7-30-15-9-12(24-6-8-29-11-19(24)26)1-2-13(15)25(14)21(28)31-16;1-2-4-7-5-3-6;1-2/h1-4,9,14,16H,5-8,10-11H2,(H,23,27);2-6H2,1H3;1H3. The molecule has 14 heteroatoms. The van der Waals surface area contributed by atoms with E-state index in [4.69, 9.17) is 36.3 Å². The fourth-order valence-corrected chi connectivity index (χ4v) is 5.41. The first-order valence-electron chi connectivity index (χ1n) is 13.3. The van der Waals surface area contributed by atoms with Crippen LogP contribution in [0.2, 0.25) is 4.34 Å². The predicted molar refractivity (Wildman–Crippen MR) is 160 cm³/mol. The Hall–Kier alpha value is -2.61. The molecule has 2 atom stereocenters. The first-order chi connectivity index (χ1) is 19.9. The predicted octanol–water partition coefficient (Wildman–Crippen LogP) is 3.90. The van der Waals surface area contributed by atoms with E-state index in [1.165, 1.54) is 17.7 Å². The maximum Gasteiger partial charge on any atom is 0.415 e. The summed E-state index contributed by atoms with van der Waals surface area (Å²) in [7, 11) is 0. The highest BCUT2D eigenvalue weighted by atomic mass is 35.5. The fraction of sp³-hybridized carbons (Fsp3) is 0.519. The summed E-state index contributed by atoms with van der Waals surface area (Å²) in [6.07, 6.45) is 2.09. The molecule has 41 heavy (non-hydrogen) atoms. The van der Waals surface area contributed by atoms with Gasteiger partial charge in [0.05, 0.1) is 47.3 Å². The van der Waals surface area contributed by atoms with Crippen LogP contribution in [0.15, 0.2) is 30.3 Å². The van der Waals surface area contributed by atoms with Crippen LogP contribution in [0.1, 0.15) is 29.4 Å². The van der Waals surface area contributed by atoms with E-state index in [-0.39, 0.29) is 31.0 Å². The molecule has 1 aromatic heterocycles. The Morgan fingerprint density at radius 1 is 1.20 bits per heavy atom. The highest BCUT2D eigenvalue weighted by molar-refractivity contribution is 7.18. The van der Waals surface area contributed by atoms with Gasteiger partial charge in [0.2, 0.25) is 0 Å². The van der Waals surface area contributed by atoms with Gasteiger partial charge in [-0.15, -0.1) is 22.9 Å². The number of carbonyl (C=O) groups is 3. The number of cyclic esters (lactones) is 1. The number of thiophene rings is 1. The Labute approximate surface area is 253 Å². The number of rotatable bonds is 8. The zero-order valence-corrected chi connectivity index (χ0v) is 25.4. The molecule has 0 aliphatic carbocycles. The number of alkyl halides is 1. The van der Waals surface area contributed by atoms with Crippen molar-refractivity contribution in [2.75, 3.05) is 68.9 Å². The smallest absolute Gasteiger partial charge is 0.415 e. The monoisotopic (exact) mass is 630 g/mol. The second-order valence-electron chi connectivity index (χ2n) is 8.96. The lowest BCUT2D eigenvalue weighted by molar-refractivity contribution is -0.125. The number of nitrogens with one attached hydrogen (secondary N) is 1. The molecule has 226 valence electrons. The van der Waals surface area contributed by atoms with E-state index >= 15 is 0 Å². The van der Waals surface area contributed by atoms with E-state index in [1.54, 1.807) is 40.1 Å². The van der Waals surface area contributed by atoms with Gasteiger partial charge < -0.3 is 34.9 Å². The van der Waals surface area contributed by atoms with Crippen molar-refractivity contribution in [1.82, 2.24) is 5.32 Å². The lowest BCUT2D eigenvalue weighted by Crippen LogP contribution is -2.42. The maximum atomic E-state index is 12.7. The van der Waals surface area contributed by atoms with E-state index in [1.807, 2.05) is 0 Å². The van der Waals surface area contributed by atoms with Crippen molar-refractivity contribution < 1.29 is 33.3 Å². The number of benzene rings is 1. The van der Waals surface area contributed by atoms with Crippen LogP contribution in [0.3, 0.4) is 0 Å². The van der Waals surface area contributed by atoms with Crippen LogP contribution in [0.4, 0.5) is 16.2 Å². The number of nitrogens with zero attached hydrogens (tertiary/aromatic N) is 2. The number of nitrogens with two attached hydrogens (primary N) is 1. The summed E-state index contributed by atoms with van der Waals surface area (Å²) in [5.74, 6) is 0.131. The molecular formula is C27H36Cl2N4O7S. The highest BCUT2D eigenvalue weighted by Gasteiger charge is 2.45. The summed E-state index contributed by atoms with van der Waals surface area (Å²) in [4.78, 5) is 41.0. The van der Waals surface area contributed by atoms with Crippen molar-refractivity contribution in [1.29, 1.82) is 0 Å². The average Bonchev–Trinajstić information content (AvgIpc) is 3.49. The van der Waals surface area contributed by atoms with E-state index in [0.29, 0.717) is 65.7 Å². The van der Waals surface area contributed by atoms with E-state index in [9.17, 15) is 14.4 Å². The third-order valence-corrected chi connectivity index (χ3v) is 7.48. The maximum absolute atomic E-state index is 12.7. The number of fused-ring (bicyclic) bond motifs is 3. The second kappa shape index (κ2) is 16.7. The number of anilines is 2. The minimum Gasteiger partial charge on any atom is -0.491 e. The molecule has 3 aliphatic heterocycles. The molecule has 11 nitrogen and oxygen atoms in total. The Bertz CT molecular complexity index is 1160. The molecule has 2 unspecified atom stereocenters. The van der Waals surface area contributed by atoms with Gasteiger partial charge >= 0.3 is 6.09 Å². The summed E-state index contributed by atoms with van der Waals surface area (Å²) in [5.41, 5.74) is 6.42. The van der Waals surface area contributed by atoms with Crippen LogP contribution in [0.5, 0.6) is 5.75 Å². The number of hydrogen-bond acceptors (Lipinski definition) is 9. The van der Waals surface area contributed by atoms with E-state index < -0.39 is 12.2 Å². The third kappa shape index (κ3) is 8.69. The SMILES string of the molecule is CCCOCCN.CCl.O=C(NCC1OC(=O)N2c3ccc(N4CCOCC4=O)cc3OCCC12)c1ccc(Cl)s1. The second-order valence-corrected chi connectivity index (χ2v) is 10.7. The first-order valence-corrected chi connectivity index (χ1v) is 15.2. The van der Waals surface area contributed by atoms with Crippen molar-refractivity contribution in [2.45, 2.75) is 31.9 Å². The average molecular weight is 632 g/mol. The molecule has 2 fully saturated rings. The molecule has 3 N–H and O–H groups in total. The van der Waals surface area contributed by atoms with Crippen molar-refractivity contribution in [3.8, 4) is 5.75 Å². The largest absolute Gasteiger partial charge is 0.491 e. The topological polar surface area (TPSA) is 133 Å². The third-order valence-electron chi connectivity index (χ3n) is 6.25. The van der Waals surface area contributed by atoms with Crippen LogP contribution in [0.25, 0.3) is 0 Å². The summed E-state index contributed by atoms with van der Waals surface area (Å²) in [5, 5.41) is 2.82. The van der Waals surface area contributed by atoms with Gasteiger partial charge in [0.25, 0.3) is 11.8 Å². The first kappa shape index (κ1) is 32.9. The van der Waals surface area contributed by atoms with Crippen molar-refractivity contribution in [3.63, 3.8) is 0 Å². The number of hydrogen-bond donors (Lipinski definition) is 2. The van der Waals surface area contributed by atoms with Gasteiger partial charge in [-0.05, 0) is 30.7 Å². The van der Waals surface area contributed by atoms with Gasteiger partial charge in [-0.2, -0.15) is 0 Å². The molecule has 2 saturated heterocycles. The molecule has 3 aliphatic rings. The molecule has 0 bridgehead atoms. The zero-order chi connectivity index (χ0) is 29.8. The Morgan fingerprint density at radius 2 is 2.00 bits per heavy atom. The van der Waals surface area contributed by atoms with Gasteiger partial charge in [-0.1, -0.05) is 18.5 Å². The zero-order valence-electron chi connectivity index (χ0n) is 23.1. The fourth-order valence-electron chi connectivity index (χ4n) is 4.45. The van der Waals surface area contributed by atoms with Gasteiger partial charge in [0, 0.05) is 44.3 Å². The summed E-state index contributed by atoms with van der Waals surface area (Å²) in [6.45, 7) is 5.79. The summed E-state index contributed by atoms with van der Waals surface area (Å²) >= 11 is 11.7. The molecule has 0 saturated carbocycles. The molecule has 0 spiro atoms. The van der Waals surface area contributed by atoms with Gasteiger partial charge in [0.1, 0.15) is 18.5 Å². The van der Waals surface area contributed by atoms with Crippen molar-refractivity contribution >= 4 is 63.8 Å². The van der Waals surface area contributed by atoms with Crippen molar-refractivity contribution in [3.05, 3.63) is 39.5 Å². The quantitative estimate of drug-likeness (QED) is 0.331. The molecule has 2 aromatic rings. The lowest BCUT2D eigenvalue weighted by atomic mass is 10.1. The normalized spacial score (nSPS) is 19.3. The van der Waals surface area contributed by atoms with Crippen molar-refractivity contribution in [2.24, 2.45) is 5.73 Å². The summed E-state index contributed by atoms with van der Waals surface area (Å²) < 4.78 is 22.2. The number of morpholine rings is 1. The molecule has 4 heterocycles. The Balaban J connectivity index is 0.000000452. The Morgan fingerprint density at radius 3 is 2.68 bits per heavy atom. The number of amides is 3. The molecule has 3 amide bonds. The van der Waals surface area contributed by atoms with Gasteiger partial charge in [-0.3, -0.25) is 14.5 Å². The lowest BCUT2D eigenvalue weighted by Gasteiger charge is -2.28. The van der Waals surface area contributed by atoms with Gasteiger partial charge in [0.15, 0.2) is 0 Å². The van der Waals surface area contributed by atoms with Crippen LogP contribution in [-0.2, 0) is 19.0 Å².